The van der Waals surface area contributed by atoms with Crippen LogP contribution in [0.5, 0.6) is 0 Å². The second kappa shape index (κ2) is 11.2. The highest BCUT2D eigenvalue weighted by molar-refractivity contribution is 6.34. The smallest absolute Gasteiger partial charge is 0.258 e. The molecule has 1 heterocycles. The molecule has 1 aliphatic heterocycles. The number of anilines is 2. The number of hydrogen-bond acceptors (Lipinski definition) is 3. The highest BCUT2D eigenvalue weighted by Crippen LogP contribution is 2.38. The quantitative estimate of drug-likeness (QED) is 0.413. The molecule has 0 aromatic heterocycles. The highest BCUT2D eigenvalue weighted by atomic mass is 35.5. The van der Waals surface area contributed by atoms with Gasteiger partial charge >= 0.3 is 0 Å². The minimum Gasteiger partial charge on any atom is -0.322 e. The molecule has 0 saturated carbocycles. The average molecular weight is 508 g/mol. The standard InChI is InChI=1S/C29H31ClFN3O2/c1-19-17-22(32-28(35)24-8-4-5-9-26(24)30)11-12-23(19)29(36)34-15-6-7-20(14-16-33(2)3)25-18-21(31)10-13-27(25)34/h4-5,8-13,17-18,20H,6-7,14-16H2,1-3H3,(H,32,35). The van der Waals surface area contributed by atoms with Crippen LogP contribution >= 0.6 is 11.6 Å². The molecule has 1 aliphatic rings. The first-order valence-corrected chi connectivity index (χ1v) is 12.5. The molecule has 1 N–H and O–H groups in total. The lowest BCUT2D eigenvalue weighted by Gasteiger charge is -2.25. The summed E-state index contributed by atoms with van der Waals surface area (Å²) < 4.78 is 14.3. The van der Waals surface area contributed by atoms with Crippen LogP contribution in [-0.4, -0.2) is 43.9 Å². The first kappa shape index (κ1) is 25.9. The van der Waals surface area contributed by atoms with E-state index in [4.69, 9.17) is 11.6 Å². The first-order chi connectivity index (χ1) is 17.2. The molecule has 7 heteroatoms. The van der Waals surface area contributed by atoms with Gasteiger partial charge in [-0.15, -0.1) is 0 Å². The lowest BCUT2D eigenvalue weighted by Crippen LogP contribution is -2.32. The molecule has 0 saturated heterocycles. The Bertz CT molecular complexity index is 1280. The maximum absolute atomic E-state index is 14.3. The number of nitrogens with zero attached hydrogens (tertiary/aromatic N) is 2. The van der Waals surface area contributed by atoms with E-state index in [1.165, 1.54) is 6.07 Å². The largest absolute Gasteiger partial charge is 0.322 e. The average Bonchev–Trinajstić information content (AvgIpc) is 3.01. The van der Waals surface area contributed by atoms with Gasteiger partial charge in [-0.05, 0) is 112 Å². The molecule has 0 radical (unpaired) electrons. The van der Waals surface area contributed by atoms with Gasteiger partial charge in [-0.2, -0.15) is 0 Å². The Hall–Kier alpha value is -3.22. The monoisotopic (exact) mass is 507 g/mol. The molecular weight excluding hydrogens is 477 g/mol. The number of halogens is 2. The summed E-state index contributed by atoms with van der Waals surface area (Å²) in [7, 11) is 4.06. The third kappa shape index (κ3) is 5.77. The summed E-state index contributed by atoms with van der Waals surface area (Å²) in [6.45, 7) is 3.32. The molecule has 0 aliphatic carbocycles. The normalized spacial score (nSPS) is 15.4. The summed E-state index contributed by atoms with van der Waals surface area (Å²) >= 11 is 6.14. The summed E-state index contributed by atoms with van der Waals surface area (Å²) in [6, 6.07) is 16.8. The molecule has 1 atom stereocenters. The number of carbonyl (C=O) groups excluding carboxylic acids is 2. The maximum Gasteiger partial charge on any atom is 0.258 e. The van der Waals surface area contributed by atoms with Gasteiger partial charge in [0.15, 0.2) is 0 Å². The fourth-order valence-corrected chi connectivity index (χ4v) is 4.99. The SMILES string of the molecule is Cc1cc(NC(=O)c2ccccc2Cl)ccc1C(=O)N1CCCC(CCN(C)C)c2cc(F)ccc21. The predicted molar refractivity (Wildman–Crippen MR) is 144 cm³/mol. The summed E-state index contributed by atoms with van der Waals surface area (Å²) in [6.07, 6.45) is 2.65. The molecule has 3 aromatic rings. The summed E-state index contributed by atoms with van der Waals surface area (Å²) in [5.41, 5.74) is 3.93. The number of carbonyl (C=O) groups is 2. The van der Waals surface area contributed by atoms with Gasteiger partial charge in [-0.3, -0.25) is 9.59 Å². The maximum atomic E-state index is 14.3. The second-order valence-corrected chi connectivity index (χ2v) is 9.96. The van der Waals surface area contributed by atoms with E-state index in [0.717, 1.165) is 42.6 Å². The Labute approximate surface area is 216 Å². The number of amides is 2. The summed E-state index contributed by atoms with van der Waals surface area (Å²) in [5, 5.41) is 3.23. The van der Waals surface area contributed by atoms with Crippen molar-refractivity contribution in [2.24, 2.45) is 0 Å². The molecule has 5 nitrogen and oxygen atoms in total. The zero-order valence-corrected chi connectivity index (χ0v) is 21.6. The molecule has 0 spiro atoms. The van der Waals surface area contributed by atoms with Gasteiger partial charge in [0, 0.05) is 23.5 Å². The van der Waals surface area contributed by atoms with E-state index in [-0.39, 0.29) is 23.5 Å². The highest BCUT2D eigenvalue weighted by Gasteiger charge is 2.28. The second-order valence-electron chi connectivity index (χ2n) is 9.55. The van der Waals surface area contributed by atoms with Crippen molar-refractivity contribution in [2.75, 3.05) is 37.4 Å². The summed E-state index contributed by atoms with van der Waals surface area (Å²) in [4.78, 5) is 30.2. The van der Waals surface area contributed by atoms with Crippen LogP contribution in [0.25, 0.3) is 0 Å². The van der Waals surface area contributed by atoms with Gasteiger partial charge < -0.3 is 15.1 Å². The van der Waals surface area contributed by atoms with Crippen molar-refractivity contribution < 1.29 is 14.0 Å². The Morgan fingerprint density at radius 3 is 2.58 bits per heavy atom. The van der Waals surface area contributed by atoms with E-state index >= 15 is 0 Å². The van der Waals surface area contributed by atoms with Crippen LogP contribution in [0.2, 0.25) is 5.02 Å². The van der Waals surface area contributed by atoms with Crippen LogP contribution in [-0.2, 0) is 0 Å². The van der Waals surface area contributed by atoms with E-state index in [1.54, 1.807) is 59.5 Å². The summed E-state index contributed by atoms with van der Waals surface area (Å²) in [5.74, 6) is -0.531. The fraction of sp³-hybridized carbons (Fsp3) is 0.310. The third-order valence-corrected chi connectivity index (χ3v) is 6.99. The van der Waals surface area contributed by atoms with E-state index in [0.29, 0.717) is 28.4 Å². The molecular formula is C29H31ClFN3O2. The van der Waals surface area contributed by atoms with Gasteiger partial charge in [0.05, 0.1) is 10.6 Å². The van der Waals surface area contributed by atoms with Crippen LogP contribution in [0.4, 0.5) is 15.8 Å². The van der Waals surface area contributed by atoms with Gasteiger partial charge in [0.1, 0.15) is 5.82 Å². The molecule has 0 bridgehead atoms. The number of rotatable bonds is 6. The van der Waals surface area contributed by atoms with Crippen molar-refractivity contribution >= 4 is 34.8 Å². The third-order valence-electron chi connectivity index (χ3n) is 6.66. The lowest BCUT2D eigenvalue weighted by molar-refractivity contribution is 0.0985. The van der Waals surface area contributed by atoms with E-state index in [1.807, 2.05) is 21.0 Å². The predicted octanol–water partition coefficient (Wildman–Crippen LogP) is 6.52. The van der Waals surface area contributed by atoms with Crippen LogP contribution in [0.3, 0.4) is 0 Å². The number of nitrogens with one attached hydrogen (secondary N) is 1. The van der Waals surface area contributed by atoms with Crippen LogP contribution in [0, 0.1) is 12.7 Å². The molecule has 3 aromatic carbocycles. The Kier molecular flexibility index (Phi) is 8.07. The number of hydrogen-bond donors (Lipinski definition) is 1. The molecule has 36 heavy (non-hydrogen) atoms. The van der Waals surface area contributed by atoms with Crippen molar-refractivity contribution in [1.29, 1.82) is 0 Å². The van der Waals surface area contributed by atoms with Gasteiger partial charge in [0.25, 0.3) is 11.8 Å². The zero-order valence-electron chi connectivity index (χ0n) is 20.9. The van der Waals surface area contributed by atoms with Crippen LogP contribution in [0.1, 0.15) is 57.0 Å². The molecule has 0 fully saturated rings. The van der Waals surface area contributed by atoms with Crippen molar-refractivity contribution in [3.8, 4) is 0 Å². The molecule has 1 unspecified atom stereocenters. The Morgan fingerprint density at radius 2 is 1.86 bits per heavy atom. The van der Waals surface area contributed by atoms with E-state index < -0.39 is 0 Å². The van der Waals surface area contributed by atoms with Crippen LogP contribution in [0.15, 0.2) is 60.7 Å². The minimum atomic E-state index is -0.314. The number of benzene rings is 3. The van der Waals surface area contributed by atoms with Crippen molar-refractivity contribution in [2.45, 2.75) is 32.1 Å². The minimum absolute atomic E-state index is 0.127. The molecule has 4 rings (SSSR count). The number of aryl methyl sites for hydroxylation is 1. The van der Waals surface area contributed by atoms with Crippen molar-refractivity contribution in [3.05, 3.63) is 93.8 Å². The zero-order chi connectivity index (χ0) is 25.8. The molecule has 188 valence electrons. The topological polar surface area (TPSA) is 52.7 Å². The van der Waals surface area contributed by atoms with Crippen molar-refractivity contribution in [3.63, 3.8) is 0 Å². The lowest BCUT2D eigenvalue weighted by atomic mass is 9.90. The number of fused-ring (bicyclic) bond motifs is 1. The van der Waals surface area contributed by atoms with Crippen LogP contribution < -0.4 is 10.2 Å². The Balaban J connectivity index is 1.58. The first-order valence-electron chi connectivity index (χ1n) is 12.2. The van der Waals surface area contributed by atoms with E-state index in [2.05, 4.69) is 10.2 Å². The molecule has 2 amide bonds. The Morgan fingerprint density at radius 1 is 1.08 bits per heavy atom. The van der Waals surface area contributed by atoms with Crippen molar-refractivity contribution in [1.82, 2.24) is 4.90 Å². The van der Waals surface area contributed by atoms with Gasteiger partial charge in [0.2, 0.25) is 0 Å². The fourth-order valence-electron chi connectivity index (χ4n) is 4.77. The van der Waals surface area contributed by atoms with Gasteiger partial charge in [-0.1, -0.05) is 23.7 Å². The van der Waals surface area contributed by atoms with Gasteiger partial charge in [-0.25, -0.2) is 4.39 Å². The van der Waals surface area contributed by atoms with E-state index in [9.17, 15) is 14.0 Å².